The average Bonchev–Trinajstić information content (AvgIpc) is 3.04. The van der Waals surface area contributed by atoms with Crippen molar-refractivity contribution in [1.82, 2.24) is 9.80 Å². The third-order valence-corrected chi connectivity index (χ3v) is 5.32. The number of nitrogens with zero attached hydrogens (tertiary/aromatic N) is 2. The molecule has 20 heavy (non-hydrogen) atoms. The minimum atomic E-state index is -0.114. The molecule has 1 aromatic heterocycles. The van der Waals surface area contributed by atoms with Crippen LogP contribution in [0.3, 0.4) is 0 Å². The summed E-state index contributed by atoms with van der Waals surface area (Å²) in [5.74, 6) is 0.354. The van der Waals surface area contributed by atoms with Crippen LogP contribution in [-0.4, -0.2) is 41.9 Å². The van der Waals surface area contributed by atoms with Gasteiger partial charge in [0.1, 0.15) is 0 Å². The van der Waals surface area contributed by atoms with E-state index in [-0.39, 0.29) is 5.41 Å². The zero-order chi connectivity index (χ0) is 14.0. The van der Waals surface area contributed by atoms with E-state index >= 15 is 0 Å². The Bertz CT molecular complexity index is 485. The fourth-order valence-corrected chi connectivity index (χ4v) is 4.26. The summed E-state index contributed by atoms with van der Waals surface area (Å²) < 4.78 is 0. The van der Waals surface area contributed by atoms with Crippen LogP contribution in [0.2, 0.25) is 0 Å². The Labute approximate surface area is 124 Å². The van der Waals surface area contributed by atoms with E-state index in [0.717, 1.165) is 45.4 Å². The molecule has 2 saturated heterocycles. The van der Waals surface area contributed by atoms with Gasteiger partial charge in [-0.15, -0.1) is 6.58 Å². The summed E-state index contributed by atoms with van der Waals surface area (Å²) in [4.78, 5) is 17.1. The fourth-order valence-electron chi connectivity index (χ4n) is 3.60. The summed E-state index contributed by atoms with van der Waals surface area (Å²) in [6.07, 6.45) is 5.04. The Morgan fingerprint density at radius 3 is 3.05 bits per heavy atom. The largest absolute Gasteiger partial charge is 0.338 e. The van der Waals surface area contributed by atoms with Crippen LogP contribution < -0.4 is 0 Å². The molecule has 0 aromatic carbocycles. The number of carbonyl (C=O) groups excluding carboxylic acids is 1. The number of rotatable bonds is 4. The minimum Gasteiger partial charge on any atom is -0.338 e. The highest BCUT2D eigenvalue weighted by Gasteiger charge is 2.48. The van der Waals surface area contributed by atoms with Crippen molar-refractivity contribution >= 4 is 17.2 Å². The second-order valence-corrected chi connectivity index (χ2v) is 6.80. The van der Waals surface area contributed by atoms with Crippen molar-refractivity contribution in [3.63, 3.8) is 0 Å². The first-order chi connectivity index (χ1) is 9.73. The van der Waals surface area contributed by atoms with Gasteiger partial charge in [-0.1, -0.05) is 6.08 Å². The van der Waals surface area contributed by atoms with E-state index in [4.69, 9.17) is 0 Å². The number of hydrogen-bond acceptors (Lipinski definition) is 3. The number of likely N-dealkylation sites (tertiary alicyclic amines) is 2. The van der Waals surface area contributed by atoms with Gasteiger partial charge in [0.05, 0.1) is 5.41 Å². The van der Waals surface area contributed by atoms with E-state index < -0.39 is 0 Å². The van der Waals surface area contributed by atoms with E-state index in [0.29, 0.717) is 12.5 Å². The maximum Gasteiger partial charge on any atom is 0.230 e. The van der Waals surface area contributed by atoms with Gasteiger partial charge in [0.15, 0.2) is 0 Å². The number of hydrogen-bond donors (Lipinski definition) is 0. The van der Waals surface area contributed by atoms with Gasteiger partial charge >= 0.3 is 0 Å². The van der Waals surface area contributed by atoms with Crippen molar-refractivity contribution in [3.05, 3.63) is 35.0 Å². The van der Waals surface area contributed by atoms with Crippen molar-refractivity contribution in [1.29, 1.82) is 0 Å². The molecule has 0 aliphatic carbocycles. The first-order valence-electron chi connectivity index (χ1n) is 7.37. The van der Waals surface area contributed by atoms with E-state index in [2.05, 4.69) is 28.3 Å². The Morgan fingerprint density at radius 2 is 2.30 bits per heavy atom. The van der Waals surface area contributed by atoms with Crippen molar-refractivity contribution in [2.24, 2.45) is 5.41 Å². The number of amides is 1. The second-order valence-electron chi connectivity index (χ2n) is 6.02. The van der Waals surface area contributed by atoms with Crippen molar-refractivity contribution < 1.29 is 4.79 Å². The smallest absolute Gasteiger partial charge is 0.230 e. The molecule has 1 amide bonds. The van der Waals surface area contributed by atoms with E-state index in [1.165, 1.54) is 5.56 Å². The molecule has 2 aliphatic heterocycles. The van der Waals surface area contributed by atoms with Crippen molar-refractivity contribution in [3.8, 4) is 0 Å². The van der Waals surface area contributed by atoms with Crippen molar-refractivity contribution in [2.45, 2.75) is 25.8 Å². The Balaban J connectivity index is 1.68. The SMILES string of the molecule is C=CCN1CC[C@]2(CCCN(Cc3ccsc3)C2)C1=O. The minimum absolute atomic E-state index is 0.114. The maximum absolute atomic E-state index is 12.7. The van der Waals surface area contributed by atoms with E-state index in [9.17, 15) is 4.79 Å². The quantitative estimate of drug-likeness (QED) is 0.796. The molecule has 2 aliphatic rings. The maximum atomic E-state index is 12.7. The van der Waals surface area contributed by atoms with Crippen LogP contribution in [0.1, 0.15) is 24.8 Å². The molecule has 0 unspecified atom stereocenters. The predicted octanol–water partition coefficient (Wildman–Crippen LogP) is 2.75. The Kier molecular flexibility index (Phi) is 3.94. The van der Waals surface area contributed by atoms with Crippen LogP contribution in [0.4, 0.5) is 0 Å². The first-order valence-corrected chi connectivity index (χ1v) is 8.31. The summed E-state index contributed by atoms with van der Waals surface area (Å²) in [6, 6.07) is 2.19. The van der Waals surface area contributed by atoms with Gasteiger partial charge in [-0.3, -0.25) is 9.69 Å². The molecule has 108 valence electrons. The summed E-state index contributed by atoms with van der Waals surface area (Å²) in [7, 11) is 0. The Hall–Kier alpha value is -1.13. The van der Waals surface area contributed by atoms with Gasteiger partial charge in [-0.25, -0.2) is 0 Å². The molecule has 0 radical (unpaired) electrons. The van der Waals surface area contributed by atoms with Crippen LogP contribution in [0, 0.1) is 5.41 Å². The third-order valence-electron chi connectivity index (χ3n) is 4.59. The lowest BCUT2D eigenvalue weighted by Gasteiger charge is -2.39. The summed E-state index contributed by atoms with van der Waals surface area (Å²) >= 11 is 1.75. The molecule has 0 saturated carbocycles. The topological polar surface area (TPSA) is 23.6 Å². The van der Waals surface area contributed by atoms with Crippen LogP contribution >= 0.6 is 11.3 Å². The van der Waals surface area contributed by atoms with Gasteiger partial charge in [0.25, 0.3) is 0 Å². The monoisotopic (exact) mass is 290 g/mol. The molecule has 1 spiro atoms. The van der Waals surface area contributed by atoms with Crippen LogP contribution in [0.15, 0.2) is 29.5 Å². The number of piperidine rings is 1. The zero-order valence-electron chi connectivity index (χ0n) is 11.9. The number of carbonyl (C=O) groups is 1. The van der Waals surface area contributed by atoms with E-state index in [1.54, 1.807) is 11.3 Å². The lowest BCUT2D eigenvalue weighted by Crippen LogP contribution is -2.47. The third kappa shape index (κ3) is 2.54. The first kappa shape index (κ1) is 13.8. The van der Waals surface area contributed by atoms with Gasteiger partial charge in [-0.05, 0) is 48.2 Å². The molecule has 2 fully saturated rings. The van der Waals surface area contributed by atoms with Gasteiger partial charge in [0, 0.05) is 26.2 Å². The van der Waals surface area contributed by atoms with Gasteiger partial charge in [-0.2, -0.15) is 11.3 Å². The second kappa shape index (κ2) is 5.70. The molecule has 0 bridgehead atoms. The van der Waals surface area contributed by atoms with Gasteiger partial charge < -0.3 is 4.90 Å². The van der Waals surface area contributed by atoms with Crippen molar-refractivity contribution in [2.75, 3.05) is 26.2 Å². The molecule has 1 aromatic rings. The van der Waals surface area contributed by atoms with Crippen LogP contribution in [0.5, 0.6) is 0 Å². The molecule has 4 heteroatoms. The number of thiophene rings is 1. The summed E-state index contributed by atoms with van der Waals surface area (Å²) in [5, 5.41) is 4.34. The molecular formula is C16H22N2OS. The molecule has 3 rings (SSSR count). The highest BCUT2D eigenvalue weighted by Crippen LogP contribution is 2.40. The molecule has 0 N–H and O–H groups in total. The highest BCUT2D eigenvalue weighted by atomic mass is 32.1. The fraction of sp³-hybridized carbons (Fsp3) is 0.562. The molecular weight excluding hydrogens is 268 g/mol. The zero-order valence-corrected chi connectivity index (χ0v) is 12.7. The Morgan fingerprint density at radius 1 is 1.40 bits per heavy atom. The molecule has 1 atom stereocenters. The lowest BCUT2D eigenvalue weighted by molar-refractivity contribution is -0.138. The van der Waals surface area contributed by atoms with Crippen LogP contribution in [-0.2, 0) is 11.3 Å². The molecule has 3 nitrogen and oxygen atoms in total. The summed E-state index contributed by atoms with van der Waals surface area (Å²) in [6.45, 7) is 8.38. The molecule has 3 heterocycles. The summed E-state index contributed by atoms with van der Waals surface area (Å²) in [5.41, 5.74) is 1.26. The normalized spacial score (nSPS) is 27.4. The predicted molar refractivity (Wildman–Crippen MR) is 82.7 cm³/mol. The highest BCUT2D eigenvalue weighted by molar-refractivity contribution is 7.07. The average molecular weight is 290 g/mol. The lowest BCUT2D eigenvalue weighted by atomic mass is 9.78. The van der Waals surface area contributed by atoms with Crippen LogP contribution in [0.25, 0.3) is 0 Å². The standard InChI is InChI=1S/C16H22N2OS/c1-2-7-18-9-6-16(15(18)19)5-3-8-17(13-16)11-14-4-10-20-12-14/h2,4,10,12H,1,3,5-9,11,13H2/t16-/m0/s1. The van der Waals surface area contributed by atoms with Gasteiger partial charge in [0.2, 0.25) is 5.91 Å². The van der Waals surface area contributed by atoms with E-state index in [1.807, 2.05) is 11.0 Å².